The summed E-state index contributed by atoms with van der Waals surface area (Å²) in [4.78, 5) is 38.0. The number of fused-ring (bicyclic) bond motifs is 1. The Kier molecular flexibility index (Phi) is 5.22. The van der Waals surface area contributed by atoms with E-state index in [1.54, 1.807) is 20.1 Å². The molecule has 7 heteroatoms. The second-order valence-electron chi connectivity index (χ2n) is 7.70. The van der Waals surface area contributed by atoms with Crippen LogP contribution in [0.15, 0.2) is 24.4 Å². The molecule has 2 aliphatic rings. The fourth-order valence-electron chi connectivity index (χ4n) is 4.34. The van der Waals surface area contributed by atoms with Crippen LogP contribution in [0.1, 0.15) is 58.8 Å². The van der Waals surface area contributed by atoms with Gasteiger partial charge in [0, 0.05) is 44.7 Å². The fourth-order valence-corrected chi connectivity index (χ4v) is 4.34. The molecule has 3 heterocycles. The Balaban J connectivity index is 1.55. The van der Waals surface area contributed by atoms with E-state index in [9.17, 15) is 9.59 Å². The maximum Gasteiger partial charge on any atom is 0.257 e. The van der Waals surface area contributed by atoms with Crippen LogP contribution in [0.2, 0.25) is 0 Å². The second kappa shape index (κ2) is 7.81. The van der Waals surface area contributed by atoms with Gasteiger partial charge >= 0.3 is 0 Å². The first-order chi connectivity index (χ1) is 14.0. The molecule has 152 valence electrons. The number of hydrogen-bond donors (Lipinski definition) is 0. The number of amides is 2. The quantitative estimate of drug-likeness (QED) is 0.800. The molecule has 0 unspecified atom stereocenters. The first-order valence-electron chi connectivity index (χ1n) is 10.0. The third-order valence-corrected chi connectivity index (χ3v) is 5.84. The van der Waals surface area contributed by atoms with E-state index in [2.05, 4.69) is 4.98 Å². The van der Waals surface area contributed by atoms with Crippen LogP contribution in [0.3, 0.4) is 0 Å². The minimum Gasteiger partial charge on any atom is -0.496 e. The summed E-state index contributed by atoms with van der Waals surface area (Å²) in [6, 6.07) is 5.58. The SMILES string of the molecule is COc1c(C)cccc1C(=O)N1CCc2nc([C@@H]3CCCN3C(C)=O)ncc2C1. The predicted molar refractivity (Wildman–Crippen MR) is 108 cm³/mol. The van der Waals surface area contributed by atoms with E-state index in [0.717, 1.165) is 42.0 Å². The Bertz CT molecular complexity index is 959. The molecule has 2 aliphatic heterocycles. The highest BCUT2D eigenvalue weighted by Gasteiger charge is 2.32. The summed E-state index contributed by atoms with van der Waals surface area (Å²) in [5, 5.41) is 0. The molecule has 7 nitrogen and oxygen atoms in total. The third kappa shape index (κ3) is 3.57. The highest BCUT2D eigenvalue weighted by atomic mass is 16.5. The Labute approximate surface area is 170 Å². The Morgan fingerprint density at radius 2 is 2.07 bits per heavy atom. The predicted octanol–water partition coefficient (Wildman–Crippen LogP) is 2.68. The van der Waals surface area contributed by atoms with Crippen molar-refractivity contribution in [3.63, 3.8) is 0 Å². The van der Waals surface area contributed by atoms with Crippen LogP contribution in [-0.2, 0) is 17.8 Å². The number of carbonyl (C=O) groups excluding carboxylic acids is 2. The molecule has 0 aliphatic carbocycles. The lowest BCUT2D eigenvalue weighted by atomic mass is 10.0. The highest BCUT2D eigenvalue weighted by molar-refractivity contribution is 5.97. The number of para-hydroxylation sites is 1. The van der Waals surface area contributed by atoms with Crippen molar-refractivity contribution in [2.75, 3.05) is 20.2 Å². The van der Waals surface area contributed by atoms with Gasteiger partial charge in [-0.1, -0.05) is 12.1 Å². The zero-order valence-electron chi connectivity index (χ0n) is 17.1. The molecule has 4 rings (SSSR count). The number of ether oxygens (including phenoxy) is 1. The van der Waals surface area contributed by atoms with Crippen molar-refractivity contribution in [2.45, 2.75) is 45.7 Å². The van der Waals surface area contributed by atoms with Crippen LogP contribution in [-0.4, -0.2) is 51.8 Å². The number of aromatic nitrogens is 2. The smallest absolute Gasteiger partial charge is 0.257 e. The van der Waals surface area contributed by atoms with Crippen LogP contribution < -0.4 is 4.74 Å². The molecule has 1 fully saturated rings. The van der Waals surface area contributed by atoms with Crippen molar-refractivity contribution in [1.82, 2.24) is 19.8 Å². The Hall–Kier alpha value is -2.96. The van der Waals surface area contributed by atoms with E-state index < -0.39 is 0 Å². The number of benzene rings is 1. The van der Waals surface area contributed by atoms with Gasteiger partial charge in [0.2, 0.25) is 5.91 Å². The minimum atomic E-state index is -0.0428. The maximum absolute atomic E-state index is 13.1. The molecule has 2 amide bonds. The number of nitrogens with zero attached hydrogens (tertiary/aromatic N) is 4. The van der Waals surface area contributed by atoms with Crippen LogP contribution in [0, 0.1) is 6.92 Å². The molecule has 0 bridgehead atoms. The van der Waals surface area contributed by atoms with Crippen LogP contribution in [0.25, 0.3) is 0 Å². The molecule has 0 saturated carbocycles. The van der Waals surface area contributed by atoms with Crippen molar-refractivity contribution in [2.24, 2.45) is 0 Å². The van der Waals surface area contributed by atoms with E-state index in [1.165, 1.54) is 0 Å². The summed E-state index contributed by atoms with van der Waals surface area (Å²) in [6.07, 6.45) is 4.38. The lowest BCUT2D eigenvalue weighted by Crippen LogP contribution is -2.37. The van der Waals surface area contributed by atoms with Crippen molar-refractivity contribution < 1.29 is 14.3 Å². The molecule has 0 radical (unpaired) electrons. The molecule has 0 N–H and O–H groups in total. The molecule has 2 aromatic rings. The first-order valence-corrected chi connectivity index (χ1v) is 10.0. The standard InChI is InChI=1S/C22H26N4O3/c1-14-6-4-7-17(20(14)29-3)22(28)25-11-9-18-16(13-25)12-23-21(24-18)19-8-5-10-26(19)15(2)27/h4,6-7,12,19H,5,8-11,13H2,1-3H3/t19-/m0/s1. The summed E-state index contributed by atoms with van der Waals surface area (Å²) in [7, 11) is 1.59. The van der Waals surface area contributed by atoms with Gasteiger partial charge in [0.15, 0.2) is 5.82 Å². The second-order valence-corrected chi connectivity index (χ2v) is 7.70. The first kappa shape index (κ1) is 19.4. The lowest BCUT2D eigenvalue weighted by Gasteiger charge is -2.30. The summed E-state index contributed by atoms with van der Waals surface area (Å²) >= 11 is 0. The Morgan fingerprint density at radius 1 is 1.24 bits per heavy atom. The molecule has 0 spiro atoms. The largest absolute Gasteiger partial charge is 0.496 e. The van der Waals surface area contributed by atoms with Crippen LogP contribution in [0.4, 0.5) is 0 Å². The van der Waals surface area contributed by atoms with Crippen LogP contribution >= 0.6 is 0 Å². The van der Waals surface area contributed by atoms with E-state index in [-0.39, 0.29) is 17.9 Å². The van der Waals surface area contributed by atoms with Gasteiger partial charge in [0.1, 0.15) is 5.75 Å². The van der Waals surface area contributed by atoms with Gasteiger partial charge in [0.05, 0.1) is 24.4 Å². The van der Waals surface area contributed by atoms with Gasteiger partial charge in [-0.05, 0) is 31.4 Å². The molecular weight excluding hydrogens is 368 g/mol. The molecule has 1 atom stereocenters. The minimum absolute atomic E-state index is 0.0333. The fraction of sp³-hybridized carbons (Fsp3) is 0.455. The number of methoxy groups -OCH3 is 1. The van der Waals surface area contributed by atoms with Gasteiger partial charge in [0.25, 0.3) is 5.91 Å². The van der Waals surface area contributed by atoms with Crippen molar-refractivity contribution in [3.8, 4) is 5.75 Å². The van der Waals surface area contributed by atoms with Crippen molar-refractivity contribution >= 4 is 11.8 Å². The van der Waals surface area contributed by atoms with Gasteiger partial charge in [-0.3, -0.25) is 9.59 Å². The monoisotopic (exact) mass is 394 g/mol. The van der Waals surface area contributed by atoms with E-state index in [4.69, 9.17) is 9.72 Å². The van der Waals surface area contributed by atoms with E-state index in [0.29, 0.717) is 30.8 Å². The van der Waals surface area contributed by atoms with E-state index in [1.807, 2.05) is 35.1 Å². The number of likely N-dealkylation sites (tertiary alicyclic amines) is 1. The van der Waals surface area contributed by atoms with Gasteiger partial charge < -0.3 is 14.5 Å². The topological polar surface area (TPSA) is 75.6 Å². The van der Waals surface area contributed by atoms with Gasteiger partial charge in [-0.15, -0.1) is 0 Å². The van der Waals surface area contributed by atoms with Gasteiger partial charge in [-0.25, -0.2) is 9.97 Å². The molecule has 29 heavy (non-hydrogen) atoms. The average Bonchev–Trinajstić information content (AvgIpc) is 3.22. The molecule has 1 saturated heterocycles. The molecular formula is C22H26N4O3. The number of aryl methyl sites for hydroxylation is 1. The normalized spacial score (nSPS) is 18.5. The zero-order valence-corrected chi connectivity index (χ0v) is 17.1. The summed E-state index contributed by atoms with van der Waals surface area (Å²) in [6.45, 7) is 5.37. The summed E-state index contributed by atoms with van der Waals surface area (Å²) < 4.78 is 5.46. The lowest BCUT2D eigenvalue weighted by molar-refractivity contribution is -0.129. The van der Waals surface area contributed by atoms with Gasteiger partial charge in [-0.2, -0.15) is 0 Å². The van der Waals surface area contributed by atoms with E-state index >= 15 is 0 Å². The van der Waals surface area contributed by atoms with Crippen molar-refractivity contribution in [3.05, 3.63) is 52.6 Å². The summed E-state index contributed by atoms with van der Waals surface area (Å²) in [5.74, 6) is 1.37. The molecule has 1 aromatic heterocycles. The zero-order chi connectivity index (χ0) is 20.5. The average molecular weight is 394 g/mol. The summed E-state index contributed by atoms with van der Waals surface area (Å²) in [5.41, 5.74) is 3.46. The Morgan fingerprint density at radius 3 is 2.83 bits per heavy atom. The number of carbonyl (C=O) groups is 2. The van der Waals surface area contributed by atoms with Crippen molar-refractivity contribution in [1.29, 1.82) is 0 Å². The third-order valence-electron chi connectivity index (χ3n) is 5.84. The van der Waals surface area contributed by atoms with Crippen LogP contribution in [0.5, 0.6) is 5.75 Å². The highest BCUT2D eigenvalue weighted by Crippen LogP contribution is 2.31. The number of hydrogen-bond acceptors (Lipinski definition) is 5. The molecule has 1 aromatic carbocycles. The maximum atomic E-state index is 13.1. The number of rotatable bonds is 3.